The number of nitrogens with one attached hydrogen (secondary N) is 1. The molecule has 0 aliphatic heterocycles. The summed E-state index contributed by atoms with van der Waals surface area (Å²) in [6.45, 7) is 3.61. The Kier molecular flexibility index (Phi) is 11.6. The minimum Gasteiger partial charge on any atom is -0.493 e. The Morgan fingerprint density at radius 1 is 1.26 bits per heavy atom. The molecular weight excluding hydrogens is 603 g/mol. The molecular formula is C28H37IN2O7. The molecule has 38 heavy (non-hydrogen) atoms. The molecule has 2 amide bonds. The lowest BCUT2D eigenvalue weighted by molar-refractivity contribution is -0.143. The van der Waals surface area contributed by atoms with Crippen LogP contribution >= 0.6 is 22.6 Å². The van der Waals surface area contributed by atoms with E-state index in [1.165, 1.54) is 7.11 Å². The summed E-state index contributed by atoms with van der Waals surface area (Å²) < 4.78 is 12.3. The first-order valence-corrected chi connectivity index (χ1v) is 14.1. The number of aldehydes is 1. The average molecular weight is 641 g/mol. The third kappa shape index (κ3) is 7.35. The van der Waals surface area contributed by atoms with Crippen LogP contribution in [0.5, 0.6) is 11.5 Å². The fourth-order valence-electron chi connectivity index (χ4n) is 5.18. The number of amides is 2. The zero-order chi connectivity index (χ0) is 27.7. The quantitative estimate of drug-likeness (QED) is 0.182. The van der Waals surface area contributed by atoms with Crippen LogP contribution in [-0.4, -0.2) is 77.8 Å². The molecule has 0 aromatic heterocycles. The first kappa shape index (κ1) is 30.1. The Hall–Kier alpha value is -2.44. The number of hydrogen-bond donors (Lipinski definition) is 3. The van der Waals surface area contributed by atoms with Gasteiger partial charge in [0.15, 0.2) is 11.5 Å². The zero-order valence-electron chi connectivity index (χ0n) is 21.7. The highest BCUT2D eigenvalue weighted by molar-refractivity contribution is 14.1. The smallest absolute Gasteiger partial charge is 0.247 e. The van der Waals surface area contributed by atoms with E-state index in [0.29, 0.717) is 38.9 Å². The Morgan fingerprint density at radius 3 is 2.63 bits per heavy atom. The first-order valence-electron chi connectivity index (χ1n) is 13.0. The number of benzene rings is 1. The molecule has 2 aliphatic rings. The number of aliphatic hydroxyl groups excluding tert-OH is 2. The normalized spacial score (nSPS) is 21.7. The minimum absolute atomic E-state index is 0.0391. The summed E-state index contributed by atoms with van der Waals surface area (Å²) in [7, 11) is 1.46. The average Bonchev–Trinajstić information content (AvgIpc) is 2.93. The van der Waals surface area contributed by atoms with Crippen LogP contribution in [0, 0.1) is 3.57 Å². The highest BCUT2D eigenvalue weighted by Crippen LogP contribution is 2.38. The molecule has 1 aromatic rings. The van der Waals surface area contributed by atoms with Crippen molar-refractivity contribution in [3.8, 4) is 11.5 Å². The molecule has 0 heterocycles. The summed E-state index contributed by atoms with van der Waals surface area (Å²) in [6, 6.07) is 2.47. The second-order valence-corrected chi connectivity index (χ2v) is 10.8. The summed E-state index contributed by atoms with van der Waals surface area (Å²) in [5.41, 5.74) is 0.783. The van der Waals surface area contributed by atoms with Crippen molar-refractivity contribution in [1.29, 1.82) is 0 Å². The van der Waals surface area contributed by atoms with Crippen LogP contribution in [-0.2, 0) is 9.59 Å². The van der Waals surface area contributed by atoms with Crippen molar-refractivity contribution in [2.24, 2.45) is 0 Å². The van der Waals surface area contributed by atoms with Gasteiger partial charge in [-0.3, -0.25) is 14.4 Å². The number of aliphatic hydroxyl groups is 2. The predicted octanol–water partition coefficient (Wildman–Crippen LogP) is 3.16. The number of nitrogens with zero attached hydrogens (tertiary/aromatic N) is 1. The number of carbonyl (C=O) groups excluding carboxylic acids is 3. The molecule has 10 heteroatoms. The third-order valence-corrected chi connectivity index (χ3v) is 7.83. The number of rotatable bonds is 12. The van der Waals surface area contributed by atoms with Gasteiger partial charge in [0.1, 0.15) is 18.5 Å². The Balaban J connectivity index is 2.02. The van der Waals surface area contributed by atoms with Crippen molar-refractivity contribution >= 4 is 40.7 Å². The monoisotopic (exact) mass is 640 g/mol. The SMILES string of the molecule is C=CCCC(=O)N(C1CCCCC1)[C@@H]1CC(C(=O)NCCO)=C[C@H](Oc2c(I)cc(C=O)cc2OC)[C@H]1O. The minimum atomic E-state index is -1.12. The van der Waals surface area contributed by atoms with Crippen LogP contribution in [0.25, 0.3) is 0 Å². The summed E-state index contributed by atoms with van der Waals surface area (Å²) in [4.78, 5) is 39.6. The van der Waals surface area contributed by atoms with E-state index in [2.05, 4.69) is 11.9 Å². The van der Waals surface area contributed by atoms with Crippen molar-refractivity contribution < 1.29 is 34.1 Å². The summed E-state index contributed by atoms with van der Waals surface area (Å²) in [5, 5.41) is 23.5. The molecule has 9 nitrogen and oxygen atoms in total. The van der Waals surface area contributed by atoms with Gasteiger partial charge in [0.05, 0.1) is 23.3 Å². The zero-order valence-corrected chi connectivity index (χ0v) is 23.9. The van der Waals surface area contributed by atoms with Crippen molar-refractivity contribution in [3.63, 3.8) is 0 Å². The maximum absolute atomic E-state index is 13.5. The van der Waals surface area contributed by atoms with Crippen molar-refractivity contribution in [1.82, 2.24) is 10.2 Å². The molecule has 0 unspecified atom stereocenters. The summed E-state index contributed by atoms with van der Waals surface area (Å²) in [5.74, 6) is 0.180. The number of allylic oxidation sites excluding steroid dienone is 1. The lowest BCUT2D eigenvalue weighted by Gasteiger charge is -2.45. The largest absolute Gasteiger partial charge is 0.493 e. The van der Waals surface area contributed by atoms with Gasteiger partial charge in [0.25, 0.3) is 0 Å². The van der Waals surface area contributed by atoms with Gasteiger partial charge in [-0.25, -0.2) is 0 Å². The van der Waals surface area contributed by atoms with Gasteiger partial charge in [-0.05, 0) is 60.1 Å². The topological polar surface area (TPSA) is 125 Å². The van der Waals surface area contributed by atoms with Crippen LogP contribution < -0.4 is 14.8 Å². The molecule has 0 saturated heterocycles. The fourth-order valence-corrected chi connectivity index (χ4v) is 5.93. The second kappa shape index (κ2) is 14.6. The molecule has 0 radical (unpaired) electrons. The lowest BCUT2D eigenvalue weighted by Crippen LogP contribution is -2.58. The Labute approximate surface area is 237 Å². The van der Waals surface area contributed by atoms with Gasteiger partial charge in [0, 0.05) is 36.6 Å². The Morgan fingerprint density at radius 2 is 2.00 bits per heavy atom. The second-order valence-electron chi connectivity index (χ2n) is 9.59. The summed E-state index contributed by atoms with van der Waals surface area (Å²) >= 11 is 2.03. The maximum Gasteiger partial charge on any atom is 0.247 e. The van der Waals surface area contributed by atoms with Crippen molar-refractivity contribution in [3.05, 3.63) is 45.6 Å². The van der Waals surface area contributed by atoms with E-state index in [0.717, 1.165) is 32.1 Å². The van der Waals surface area contributed by atoms with Gasteiger partial charge in [-0.1, -0.05) is 25.3 Å². The van der Waals surface area contributed by atoms with E-state index >= 15 is 0 Å². The number of hydrogen-bond acceptors (Lipinski definition) is 7. The maximum atomic E-state index is 13.5. The standard InChI is InChI=1S/C28H37IN2O7/c1-3-4-10-25(34)31(20-8-6-5-7-9-20)22-15-19(28(36)30-11-12-32)16-23(26(22)35)38-27-21(29)13-18(17-33)14-24(27)37-2/h3,13-14,16-17,20,22-23,26,32,35H,1,4-12,15H2,2H3,(H,30,36)/t22-,23+,26+/m1/s1. The molecule has 2 aliphatic carbocycles. The molecule has 1 fully saturated rings. The molecule has 1 saturated carbocycles. The van der Waals surface area contributed by atoms with Crippen LogP contribution in [0.1, 0.15) is 61.7 Å². The molecule has 0 spiro atoms. The van der Waals surface area contributed by atoms with E-state index in [4.69, 9.17) is 9.47 Å². The van der Waals surface area contributed by atoms with Crippen LogP contribution in [0.4, 0.5) is 0 Å². The number of carbonyl (C=O) groups is 3. The van der Waals surface area contributed by atoms with Gasteiger partial charge in [0.2, 0.25) is 11.8 Å². The number of methoxy groups -OCH3 is 1. The summed E-state index contributed by atoms with van der Waals surface area (Å²) in [6.07, 6.45) is 7.61. The highest BCUT2D eigenvalue weighted by atomic mass is 127. The van der Waals surface area contributed by atoms with Gasteiger partial charge < -0.3 is 29.9 Å². The molecule has 3 N–H and O–H groups in total. The van der Waals surface area contributed by atoms with Crippen molar-refractivity contribution in [2.45, 2.75) is 75.7 Å². The Bertz CT molecular complexity index is 1040. The van der Waals surface area contributed by atoms with Gasteiger partial charge >= 0.3 is 0 Å². The first-order chi connectivity index (χ1) is 18.3. The van der Waals surface area contributed by atoms with Crippen LogP contribution in [0.3, 0.4) is 0 Å². The lowest BCUT2D eigenvalue weighted by atomic mass is 9.85. The third-order valence-electron chi connectivity index (χ3n) is 7.03. The van der Waals surface area contributed by atoms with Gasteiger partial charge in [-0.15, -0.1) is 6.58 Å². The van der Waals surface area contributed by atoms with E-state index in [1.807, 2.05) is 22.6 Å². The molecule has 1 aromatic carbocycles. The van der Waals surface area contributed by atoms with Crippen LogP contribution in [0.15, 0.2) is 36.4 Å². The fraction of sp³-hybridized carbons (Fsp3) is 0.536. The number of ether oxygens (including phenoxy) is 2. The molecule has 3 rings (SSSR count). The van der Waals surface area contributed by atoms with Crippen molar-refractivity contribution in [2.75, 3.05) is 20.3 Å². The van der Waals surface area contributed by atoms with E-state index < -0.39 is 18.2 Å². The van der Waals surface area contributed by atoms with Gasteiger partial charge in [-0.2, -0.15) is 0 Å². The van der Waals surface area contributed by atoms with E-state index in [9.17, 15) is 24.6 Å². The molecule has 0 bridgehead atoms. The van der Waals surface area contributed by atoms with E-state index in [-0.39, 0.29) is 43.8 Å². The molecule has 208 valence electrons. The van der Waals surface area contributed by atoms with Crippen LogP contribution in [0.2, 0.25) is 0 Å². The molecule has 3 atom stereocenters. The number of halogens is 1. The predicted molar refractivity (Wildman–Crippen MR) is 151 cm³/mol. The highest BCUT2D eigenvalue weighted by Gasteiger charge is 2.43. The van der Waals surface area contributed by atoms with E-state index in [1.54, 1.807) is 29.2 Å².